The quantitative estimate of drug-likeness (QED) is 0.823. The molecule has 7 nitrogen and oxygen atoms in total. The highest BCUT2D eigenvalue weighted by Gasteiger charge is 2.20. The van der Waals surface area contributed by atoms with Gasteiger partial charge in [0.1, 0.15) is 0 Å². The molecule has 21 heavy (non-hydrogen) atoms. The van der Waals surface area contributed by atoms with Gasteiger partial charge in [-0.05, 0) is 32.0 Å². The van der Waals surface area contributed by atoms with Gasteiger partial charge in [0.15, 0.2) is 0 Å². The van der Waals surface area contributed by atoms with E-state index in [4.69, 9.17) is 5.73 Å². The minimum absolute atomic E-state index is 0.112. The van der Waals surface area contributed by atoms with E-state index in [-0.39, 0.29) is 17.1 Å². The maximum Gasteiger partial charge on any atom is 0.328 e. The molecule has 116 valence electrons. The fourth-order valence-corrected chi connectivity index (χ4v) is 3.26. The van der Waals surface area contributed by atoms with Crippen LogP contribution in [0.25, 0.3) is 11.0 Å². The Kier molecular flexibility index (Phi) is 3.73. The standard InChI is InChI=1S/C13H20N4O3S/c1-13(2,14)8-15-21(19,20)9-5-6-10-11(7-9)17(4)12(18)16(10)3/h5-7,15H,8,14H2,1-4H3. The summed E-state index contributed by atoms with van der Waals surface area (Å²) in [6, 6.07) is 4.59. The molecule has 0 aliphatic heterocycles. The number of benzene rings is 1. The van der Waals surface area contributed by atoms with Crippen LogP contribution in [-0.4, -0.2) is 29.6 Å². The van der Waals surface area contributed by atoms with Gasteiger partial charge in [-0.15, -0.1) is 0 Å². The Labute approximate surface area is 123 Å². The first kappa shape index (κ1) is 15.7. The van der Waals surface area contributed by atoms with Crippen molar-refractivity contribution in [1.29, 1.82) is 0 Å². The predicted octanol–water partition coefficient (Wildman–Crippen LogP) is -0.107. The monoisotopic (exact) mass is 312 g/mol. The second-order valence-corrected chi connectivity index (χ2v) is 7.63. The van der Waals surface area contributed by atoms with Crippen LogP contribution in [0.5, 0.6) is 0 Å². The Bertz CT molecular complexity index is 841. The van der Waals surface area contributed by atoms with E-state index < -0.39 is 15.6 Å². The number of fused-ring (bicyclic) bond motifs is 1. The summed E-state index contributed by atoms with van der Waals surface area (Å²) >= 11 is 0. The van der Waals surface area contributed by atoms with Crippen LogP contribution in [0.15, 0.2) is 27.9 Å². The van der Waals surface area contributed by atoms with Crippen molar-refractivity contribution in [2.45, 2.75) is 24.3 Å². The maximum atomic E-state index is 12.3. The van der Waals surface area contributed by atoms with Crippen LogP contribution in [0.3, 0.4) is 0 Å². The molecule has 1 heterocycles. The number of nitrogens with one attached hydrogen (secondary N) is 1. The Morgan fingerprint density at radius 1 is 1.19 bits per heavy atom. The minimum Gasteiger partial charge on any atom is -0.324 e. The second kappa shape index (κ2) is 4.97. The van der Waals surface area contributed by atoms with E-state index in [1.807, 2.05) is 0 Å². The van der Waals surface area contributed by atoms with Crippen LogP contribution in [-0.2, 0) is 24.1 Å². The van der Waals surface area contributed by atoms with Gasteiger partial charge >= 0.3 is 5.69 Å². The van der Waals surface area contributed by atoms with Crippen molar-refractivity contribution in [3.05, 3.63) is 28.7 Å². The predicted molar refractivity (Wildman–Crippen MR) is 81.6 cm³/mol. The number of aromatic nitrogens is 2. The zero-order valence-corrected chi connectivity index (χ0v) is 13.4. The average molecular weight is 312 g/mol. The van der Waals surface area contributed by atoms with Gasteiger partial charge in [-0.25, -0.2) is 17.9 Å². The Morgan fingerprint density at radius 2 is 1.76 bits per heavy atom. The highest BCUT2D eigenvalue weighted by Crippen LogP contribution is 2.17. The van der Waals surface area contributed by atoms with Crippen molar-refractivity contribution in [3.63, 3.8) is 0 Å². The highest BCUT2D eigenvalue weighted by molar-refractivity contribution is 7.89. The lowest BCUT2D eigenvalue weighted by Crippen LogP contribution is -2.45. The van der Waals surface area contributed by atoms with Gasteiger partial charge in [-0.3, -0.25) is 9.13 Å². The summed E-state index contributed by atoms with van der Waals surface area (Å²) in [6.45, 7) is 3.60. The lowest BCUT2D eigenvalue weighted by molar-refractivity contribution is 0.498. The molecule has 0 fully saturated rings. The molecule has 0 amide bonds. The average Bonchev–Trinajstić information content (AvgIpc) is 2.61. The van der Waals surface area contributed by atoms with Crippen LogP contribution < -0.4 is 16.1 Å². The summed E-state index contributed by atoms with van der Waals surface area (Å²) in [6.07, 6.45) is 0. The van der Waals surface area contributed by atoms with Crippen molar-refractivity contribution in [2.24, 2.45) is 19.8 Å². The second-order valence-electron chi connectivity index (χ2n) is 5.86. The molecule has 0 bridgehead atoms. The van der Waals surface area contributed by atoms with Crippen LogP contribution in [0.4, 0.5) is 0 Å². The molecule has 0 spiro atoms. The van der Waals surface area contributed by atoms with Crippen molar-refractivity contribution >= 4 is 21.1 Å². The van der Waals surface area contributed by atoms with Gasteiger partial charge in [-0.1, -0.05) is 0 Å². The zero-order valence-electron chi connectivity index (χ0n) is 12.5. The molecule has 0 atom stereocenters. The van der Waals surface area contributed by atoms with Crippen LogP contribution >= 0.6 is 0 Å². The smallest absolute Gasteiger partial charge is 0.324 e. The van der Waals surface area contributed by atoms with Gasteiger partial charge in [-0.2, -0.15) is 0 Å². The number of hydrogen-bond acceptors (Lipinski definition) is 4. The lowest BCUT2D eigenvalue weighted by atomic mass is 10.1. The number of rotatable bonds is 4. The summed E-state index contributed by atoms with van der Waals surface area (Å²) in [7, 11) is -0.404. The highest BCUT2D eigenvalue weighted by atomic mass is 32.2. The largest absolute Gasteiger partial charge is 0.328 e. The molecule has 0 radical (unpaired) electrons. The maximum absolute atomic E-state index is 12.3. The lowest BCUT2D eigenvalue weighted by Gasteiger charge is -2.19. The van der Waals surface area contributed by atoms with Gasteiger partial charge in [0.2, 0.25) is 10.0 Å². The van der Waals surface area contributed by atoms with Crippen molar-refractivity contribution in [1.82, 2.24) is 13.9 Å². The Morgan fingerprint density at radius 3 is 2.33 bits per heavy atom. The third kappa shape index (κ3) is 3.02. The van der Waals surface area contributed by atoms with E-state index >= 15 is 0 Å². The molecular weight excluding hydrogens is 292 g/mol. The number of aryl methyl sites for hydroxylation is 2. The molecule has 1 aromatic carbocycles. The van der Waals surface area contributed by atoms with E-state index in [9.17, 15) is 13.2 Å². The molecule has 0 unspecified atom stereocenters. The molecular formula is C13H20N4O3S. The van der Waals surface area contributed by atoms with E-state index in [1.54, 1.807) is 34.0 Å². The van der Waals surface area contributed by atoms with Gasteiger partial charge in [0.05, 0.1) is 15.9 Å². The molecule has 1 aromatic heterocycles. The normalized spacial score (nSPS) is 13.0. The van der Waals surface area contributed by atoms with E-state index in [2.05, 4.69) is 4.72 Å². The Hall–Kier alpha value is -1.64. The molecule has 3 N–H and O–H groups in total. The van der Waals surface area contributed by atoms with Gasteiger partial charge < -0.3 is 5.73 Å². The van der Waals surface area contributed by atoms with Crippen LogP contribution in [0, 0.1) is 0 Å². The molecule has 0 aliphatic carbocycles. The molecule has 8 heteroatoms. The number of nitrogens with two attached hydrogens (primary N) is 1. The third-order valence-corrected chi connectivity index (χ3v) is 4.67. The topological polar surface area (TPSA) is 99.1 Å². The molecule has 0 saturated carbocycles. The SMILES string of the molecule is Cn1c(=O)n(C)c2cc(S(=O)(=O)NCC(C)(C)N)ccc21. The molecule has 0 saturated heterocycles. The van der Waals surface area contributed by atoms with Gasteiger partial charge in [0.25, 0.3) is 0 Å². The molecule has 2 aromatic rings. The van der Waals surface area contributed by atoms with Crippen LogP contribution in [0.1, 0.15) is 13.8 Å². The third-order valence-electron chi connectivity index (χ3n) is 3.27. The first-order valence-corrected chi connectivity index (χ1v) is 7.95. The van der Waals surface area contributed by atoms with E-state index in [0.717, 1.165) is 0 Å². The number of nitrogens with zero attached hydrogens (tertiary/aromatic N) is 2. The van der Waals surface area contributed by atoms with E-state index in [1.165, 1.54) is 21.3 Å². The molecule has 2 rings (SSSR count). The van der Waals surface area contributed by atoms with E-state index in [0.29, 0.717) is 11.0 Å². The summed E-state index contributed by atoms with van der Waals surface area (Å²) in [4.78, 5) is 12.0. The van der Waals surface area contributed by atoms with Crippen LogP contribution in [0.2, 0.25) is 0 Å². The Balaban J connectivity index is 2.48. The molecule has 0 aliphatic rings. The fraction of sp³-hybridized carbons (Fsp3) is 0.462. The fourth-order valence-electron chi connectivity index (χ4n) is 2.02. The number of hydrogen-bond donors (Lipinski definition) is 2. The first-order chi connectivity index (χ1) is 9.53. The summed E-state index contributed by atoms with van der Waals surface area (Å²) in [5, 5.41) is 0. The van der Waals surface area contributed by atoms with Gasteiger partial charge in [0, 0.05) is 26.2 Å². The summed E-state index contributed by atoms with van der Waals surface area (Å²) in [5.74, 6) is 0. The zero-order chi connectivity index (χ0) is 16.0. The minimum atomic E-state index is -3.66. The first-order valence-electron chi connectivity index (χ1n) is 6.47. The number of imidazole rings is 1. The number of sulfonamides is 1. The van der Waals surface area contributed by atoms with Crippen molar-refractivity contribution < 1.29 is 8.42 Å². The summed E-state index contributed by atoms with van der Waals surface area (Å²) in [5.41, 5.74) is 6.19. The van der Waals surface area contributed by atoms with Crippen molar-refractivity contribution in [3.8, 4) is 0 Å². The summed E-state index contributed by atoms with van der Waals surface area (Å²) < 4.78 is 29.9. The van der Waals surface area contributed by atoms with Crippen molar-refractivity contribution in [2.75, 3.05) is 6.54 Å².